The molecule has 2 aromatic carbocycles. The number of carbonyl (C=O) groups is 1. The van der Waals surface area contributed by atoms with Gasteiger partial charge in [-0.25, -0.2) is 9.97 Å². The maximum Gasteiger partial charge on any atom is 0.235 e. The molecule has 0 spiro atoms. The number of carbonyl (C=O) groups excluding carboxylic acids is 1. The van der Waals surface area contributed by atoms with Crippen molar-refractivity contribution in [2.45, 2.75) is 51.0 Å². The maximum absolute atomic E-state index is 14.2. The molecule has 6 nitrogen and oxygen atoms in total. The van der Waals surface area contributed by atoms with Gasteiger partial charge in [0.1, 0.15) is 0 Å². The van der Waals surface area contributed by atoms with Crippen LogP contribution >= 0.6 is 0 Å². The third-order valence-electron chi connectivity index (χ3n) is 8.51. The molecule has 0 saturated heterocycles. The van der Waals surface area contributed by atoms with Crippen molar-refractivity contribution in [3.05, 3.63) is 59.4 Å². The van der Waals surface area contributed by atoms with Crippen molar-refractivity contribution in [1.82, 2.24) is 14.9 Å². The Morgan fingerprint density at radius 3 is 2.25 bits per heavy atom. The first-order chi connectivity index (χ1) is 15.3. The van der Waals surface area contributed by atoms with Crippen LogP contribution in [0, 0.1) is 5.41 Å². The minimum Gasteiger partial charge on any atom is -0.454 e. The molecule has 3 aliphatic rings. The summed E-state index contributed by atoms with van der Waals surface area (Å²) < 4.78 is 11.1. The number of likely N-dealkylation sites (N-methyl/N-ethyl adjacent to an activating group) is 1. The van der Waals surface area contributed by atoms with Gasteiger partial charge in [0.25, 0.3) is 0 Å². The van der Waals surface area contributed by atoms with Crippen molar-refractivity contribution < 1.29 is 14.3 Å². The van der Waals surface area contributed by atoms with E-state index < -0.39 is 5.41 Å². The molecule has 0 N–H and O–H groups in total. The van der Waals surface area contributed by atoms with Crippen molar-refractivity contribution in [3.63, 3.8) is 0 Å². The smallest absolute Gasteiger partial charge is 0.235 e. The fourth-order valence-corrected chi connectivity index (χ4v) is 6.22. The Labute approximate surface area is 187 Å². The predicted molar refractivity (Wildman–Crippen MR) is 121 cm³/mol. The molecule has 2 aliphatic carbocycles. The van der Waals surface area contributed by atoms with Gasteiger partial charge in [-0.2, -0.15) is 0 Å². The van der Waals surface area contributed by atoms with Crippen molar-refractivity contribution >= 4 is 16.9 Å². The van der Waals surface area contributed by atoms with Crippen LogP contribution in [0.4, 0.5) is 0 Å². The Bertz CT molecular complexity index is 1270. The van der Waals surface area contributed by atoms with Crippen molar-refractivity contribution in [1.29, 1.82) is 0 Å². The summed E-state index contributed by atoms with van der Waals surface area (Å²) in [6.07, 6.45) is 1.70. The van der Waals surface area contributed by atoms with Crippen LogP contribution in [0.1, 0.15) is 50.6 Å². The highest BCUT2D eigenvalue weighted by Gasteiger charge is 2.73. The molecule has 1 aromatic heterocycles. The van der Waals surface area contributed by atoms with E-state index in [4.69, 9.17) is 19.4 Å². The number of rotatable bonds is 3. The molecule has 6 rings (SSSR count). The molecule has 6 heteroatoms. The SMILES string of the molecule is CN(Cc1ccccc1)C(=O)C12CCC(C)(c3nc4cc5c(cc4nc31)OCO5)C2(C)C. The number of hydrogen-bond donors (Lipinski definition) is 0. The zero-order valence-electron chi connectivity index (χ0n) is 18.9. The van der Waals surface area contributed by atoms with Crippen LogP contribution in [-0.2, 0) is 22.2 Å². The normalized spacial score (nSPS) is 26.4. The van der Waals surface area contributed by atoms with Gasteiger partial charge in [-0.1, -0.05) is 51.1 Å². The molecular weight excluding hydrogens is 402 g/mol. The number of aromatic nitrogens is 2. The topological polar surface area (TPSA) is 64.6 Å². The average molecular weight is 430 g/mol. The lowest BCUT2D eigenvalue weighted by atomic mass is 9.63. The summed E-state index contributed by atoms with van der Waals surface area (Å²) in [5.41, 5.74) is 3.23. The number of nitrogens with zero attached hydrogens (tertiary/aromatic N) is 3. The first-order valence-electron chi connectivity index (χ1n) is 11.2. The molecule has 32 heavy (non-hydrogen) atoms. The highest BCUT2D eigenvalue weighted by Crippen LogP contribution is 2.70. The quantitative estimate of drug-likeness (QED) is 0.620. The fraction of sp³-hybridized carbons (Fsp3) is 0.423. The van der Waals surface area contributed by atoms with Crippen LogP contribution in [0.2, 0.25) is 0 Å². The predicted octanol–water partition coefficient (Wildman–Crippen LogP) is 4.35. The van der Waals surface area contributed by atoms with Gasteiger partial charge in [-0.15, -0.1) is 0 Å². The number of hydrogen-bond acceptors (Lipinski definition) is 5. The summed E-state index contributed by atoms with van der Waals surface area (Å²) in [4.78, 5) is 26.2. The van der Waals surface area contributed by atoms with E-state index in [1.54, 1.807) is 0 Å². The average Bonchev–Trinajstić information content (AvgIpc) is 3.35. The molecule has 1 aliphatic heterocycles. The van der Waals surface area contributed by atoms with Crippen molar-refractivity contribution in [2.24, 2.45) is 5.41 Å². The largest absolute Gasteiger partial charge is 0.454 e. The molecule has 1 fully saturated rings. The Hall–Kier alpha value is -3.15. The van der Waals surface area contributed by atoms with E-state index >= 15 is 0 Å². The lowest BCUT2D eigenvalue weighted by Gasteiger charge is -2.41. The highest BCUT2D eigenvalue weighted by atomic mass is 16.7. The van der Waals surface area contributed by atoms with E-state index in [2.05, 4.69) is 32.9 Å². The third kappa shape index (κ3) is 2.22. The van der Waals surface area contributed by atoms with Crippen LogP contribution in [0.25, 0.3) is 11.0 Å². The lowest BCUT2D eigenvalue weighted by molar-refractivity contribution is -0.140. The number of amides is 1. The maximum atomic E-state index is 14.2. The second-order valence-corrected chi connectivity index (χ2v) is 10.1. The van der Waals surface area contributed by atoms with E-state index in [0.717, 1.165) is 40.8 Å². The summed E-state index contributed by atoms with van der Waals surface area (Å²) in [7, 11) is 1.90. The Balaban J connectivity index is 1.51. The molecule has 2 heterocycles. The molecule has 0 radical (unpaired) electrons. The van der Waals surface area contributed by atoms with E-state index in [-0.39, 0.29) is 23.5 Å². The van der Waals surface area contributed by atoms with Gasteiger partial charge < -0.3 is 14.4 Å². The standard InChI is InChI=1S/C26H27N3O3/c1-24(2)25(3)10-11-26(24,23(30)29(4)14-16-8-6-5-7-9-16)22-21(25)27-17-12-19-20(32-15-31-19)13-18(17)28-22/h5-9,12-13H,10-11,14-15H2,1-4H3. The van der Waals surface area contributed by atoms with Crippen LogP contribution in [0.15, 0.2) is 42.5 Å². The summed E-state index contributed by atoms with van der Waals surface area (Å²) in [6, 6.07) is 13.9. The van der Waals surface area contributed by atoms with E-state index in [9.17, 15) is 4.79 Å². The molecule has 3 aromatic rings. The fourth-order valence-electron chi connectivity index (χ4n) is 6.22. The minimum absolute atomic E-state index is 0.128. The molecule has 2 unspecified atom stereocenters. The lowest BCUT2D eigenvalue weighted by Crippen LogP contribution is -2.51. The monoisotopic (exact) mass is 429 g/mol. The van der Waals surface area contributed by atoms with Gasteiger partial charge in [0, 0.05) is 31.1 Å². The zero-order chi connectivity index (χ0) is 22.3. The molecule has 2 atom stereocenters. The zero-order valence-corrected chi connectivity index (χ0v) is 18.9. The van der Waals surface area contributed by atoms with E-state index in [0.29, 0.717) is 18.0 Å². The Morgan fingerprint density at radius 1 is 0.969 bits per heavy atom. The summed E-state index contributed by atoms with van der Waals surface area (Å²) in [5, 5.41) is 0. The molecule has 1 amide bonds. The van der Waals surface area contributed by atoms with Crippen LogP contribution in [-0.4, -0.2) is 34.6 Å². The Morgan fingerprint density at radius 2 is 1.59 bits per heavy atom. The molecule has 164 valence electrons. The molecule has 2 bridgehead atoms. The number of ether oxygens (including phenoxy) is 2. The summed E-state index contributed by atoms with van der Waals surface area (Å²) in [6.45, 7) is 7.47. The summed E-state index contributed by atoms with van der Waals surface area (Å²) in [5.74, 6) is 1.51. The van der Waals surface area contributed by atoms with Gasteiger partial charge in [0.05, 0.1) is 27.8 Å². The minimum atomic E-state index is -0.696. The van der Waals surface area contributed by atoms with Crippen LogP contribution < -0.4 is 9.47 Å². The van der Waals surface area contributed by atoms with E-state index in [1.807, 2.05) is 42.3 Å². The first-order valence-corrected chi connectivity index (χ1v) is 11.2. The van der Waals surface area contributed by atoms with Crippen LogP contribution in [0.3, 0.4) is 0 Å². The van der Waals surface area contributed by atoms with E-state index in [1.165, 1.54) is 0 Å². The van der Waals surface area contributed by atoms with Crippen LogP contribution in [0.5, 0.6) is 11.5 Å². The number of benzene rings is 2. The van der Waals surface area contributed by atoms with Gasteiger partial charge in [0.15, 0.2) is 11.5 Å². The van der Waals surface area contributed by atoms with Gasteiger partial charge in [-0.3, -0.25) is 4.79 Å². The third-order valence-corrected chi connectivity index (χ3v) is 8.51. The van der Waals surface area contributed by atoms with Crippen molar-refractivity contribution in [3.8, 4) is 11.5 Å². The second-order valence-electron chi connectivity index (χ2n) is 10.1. The van der Waals surface area contributed by atoms with Crippen molar-refractivity contribution in [2.75, 3.05) is 13.8 Å². The van der Waals surface area contributed by atoms with Gasteiger partial charge in [0.2, 0.25) is 12.7 Å². The Kier molecular flexibility index (Phi) is 3.79. The highest BCUT2D eigenvalue weighted by molar-refractivity contribution is 5.93. The number of fused-ring (bicyclic) bond motifs is 7. The van der Waals surface area contributed by atoms with Gasteiger partial charge in [-0.05, 0) is 23.8 Å². The summed E-state index contributed by atoms with van der Waals surface area (Å²) >= 11 is 0. The first kappa shape index (κ1) is 19.5. The molecular formula is C26H27N3O3. The second kappa shape index (κ2) is 6.21. The van der Waals surface area contributed by atoms with Gasteiger partial charge >= 0.3 is 0 Å². The molecule has 1 saturated carbocycles.